The minimum Gasteiger partial charge on any atom is -0.403 e. The summed E-state index contributed by atoms with van der Waals surface area (Å²) < 4.78 is 12.4. The van der Waals surface area contributed by atoms with Gasteiger partial charge in [0.15, 0.2) is 0 Å². The summed E-state index contributed by atoms with van der Waals surface area (Å²) in [4.78, 5) is 0. The van der Waals surface area contributed by atoms with Gasteiger partial charge in [-0.15, -0.1) is 0 Å². The van der Waals surface area contributed by atoms with Crippen LogP contribution in [0.1, 0.15) is 52.2 Å². The minimum atomic E-state index is -0.239. The smallest absolute Gasteiger partial charge is 0.403 e. The molecule has 0 spiro atoms. The summed E-state index contributed by atoms with van der Waals surface area (Å²) in [7, 11) is -0.107. The van der Waals surface area contributed by atoms with Gasteiger partial charge in [-0.1, -0.05) is 37.6 Å². The van der Waals surface area contributed by atoms with E-state index in [0.717, 1.165) is 12.8 Å². The molecule has 3 heteroatoms. The van der Waals surface area contributed by atoms with Crippen molar-refractivity contribution in [1.29, 1.82) is 0 Å². The molecule has 1 heterocycles. The summed E-state index contributed by atoms with van der Waals surface area (Å²) in [6, 6.07) is 8.59. The van der Waals surface area contributed by atoms with Gasteiger partial charge in [-0.2, -0.15) is 0 Å². The first-order chi connectivity index (χ1) is 9.27. The van der Waals surface area contributed by atoms with Gasteiger partial charge in [0.05, 0.1) is 11.2 Å². The highest BCUT2D eigenvalue weighted by atomic mass is 16.7. The van der Waals surface area contributed by atoms with E-state index in [-0.39, 0.29) is 18.3 Å². The van der Waals surface area contributed by atoms with E-state index in [9.17, 15) is 0 Å². The maximum atomic E-state index is 6.21. The van der Waals surface area contributed by atoms with Crippen molar-refractivity contribution in [2.45, 2.75) is 71.4 Å². The summed E-state index contributed by atoms with van der Waals surface area (Å²) in [5, 5.41) is 0. The van der Waals surface area contributed by atoms with E-state index >= 15 is 0 Å². The van der Waals surface area contributed by atoms with Gasteiger partial charge in [0.2, 0.25) is 0 Å². The fraction of sp³-hybridized carbons (Fsp3) is 0.647. The molecule has 1 aliphatic rings. The molecule has 0 saturated carbocycles. The van der Waals surface area contributed by atoms with E-state index in [1.807, 2.05) is 0 Å². The van der Waals surface area contributed by atoms with Gasteiger partial charge in [0.1, 0.15) is 0 Å². The lowest BCUT2D eigenvalue weighted by Gasteiger charge is -2.32. The van der Waals surface area contributed by atoms with Crippen molar-refractivity contribution in [2.75, 3.05) is 0 Å². The zero-order valence-electron chi connectivity index (χ0n) is 13.7. The molecule has 0 bridgehead atoms. The molecule has 1 saturated heterocycles. The molecule has 0 radical (unpaired) electrons. The monoisotopic (exact) mass is 274 g/mol. The summed E-state index contributed by atoms with van der Waals surface area (Å²) in [5.41, 5.74) is 2.27. The molecule has 0 amide bonds. The molecule has 2 rings (SSSR count). The van der Waals surface area contributed by atoms with E-state index in [4.69, 9.17) is 9.31 Å². The van der Waals surface area contributed by atoms with Gasteiger partial charge in [-0.3, -0.25) is 0 Å². The summed E-state index contributed by atoms with van der Waals surface area (Å²) in [6.45, 7) is 12.9. The molecule has 0 aliphatic carbocycles. The maximum absolute atomic E-state index is 6.21. The molecule has 0 aromatic heterocycles. The van der Waals surface area contributed by atoms with Crippen LogP contribution in [0, 0.1) is 6.92 Å². The molecular formula is C17H27BO2. The third kappa shape index (κ3) is 2.94. The van der Waals surface area contributed by atoms with Gasteiger partial charge in [-0.05, 0) is 58.0 Å². The Balaban J connectivity index is 2.13. The first kappa shape index (κ1) is 15.6. The highest BCUT2D eigenvalue weighted by molar-refractivity contribution is 6.47. The van der Waals surface area contributed by atoms with Crippen LogP contribution in [-0.4, -0.2) is 18.3 Å². The molecule has 1 fully saturated rings. The van der Waals surface area contributed by atoms with Gasteiger partial charge in [0.25, 0.3) is 0 Å². The lowest BCUT2D eigenvalue weighted by Crippen LogP contribution is -2.41. The highest BCUT2D eigenvalue weighted by Gasteiger charge is 2.53. The molecule has 1 atom stereocenters. The van der Waals surface area contributed by atoms with E-state index in [0.29, 0.717) is 5.82 Å². The fourth-order valence-corrected chi connectivity index (χ4v) is 2.64. The molecule has 1 aromatic rings. The topological polar surface area (TPSA) is 18.5 Å². The van der Waals surface area contributed by atoms with Crippen LogP contribution in [0.2, 0.25) is 5.82 Å². The zero-order chi connectivity index (χ0) is 15.0. The third-order valence-electron chi connectivity index (χ3n) is 4.92. The van der Waals surface area contributed by atoms with Crippen LogP contribution in [0.25, 0.3) is 0 Å². The second kappa shape index (κ2) is 5.53. The predicted octanol–water partition coefficient (Wildman–Crippen LogP) is 4.41. The van der Waals surface area contributed by atoms with Crippen LogP contribution >= 0.6 is 0 Å². The van der Waals surface area contributed by atoms with E-state index in [2.05, 4.69) is 65.8 Å². The van der Waals surface area contributed by atoms with Crippen molar-refractivity contribution in [2.24, 2.45) is 0 Å². The van der Waals surface area contributed by atoms with E-state index in [1.54, 1.807) is 0 Å². The Morgan fingerprint density at radius 1 is 1.05 bits per heavy atom. The SMILES string of the molecule is CCC(Cc1ccccc1C)B1OC(C)(C)C(C)(C)O1. The summed E-state index contributed by atoms with van der Waals surface area (Å²) in [5.74, 6) is 0.400. The second-order valence-electron chi connectivity index (χ2n) is 6.92. The Kier molecular flexibility index (Phi) is 4.31. The zero-order valence-corrected chi connectivity index (χ0v) is 13.7. The average molecular weight is 274 g/mol. The largest absolute Gasteiger partial charge is 0.461 e. The predicted molar refractivity (Wildman–Crippen MR) is 85.0 cm³/mol. The maximum Gasteiger partial charge on any atom is 0.461 e. The Labute approximate surface area is 124 Å². The average Bonchev–Trinajstić information content (AvgIpc) is 2.57. The molecule has 110 valence electrons. The second-order valence-corrected chi connectivity index (χ2v) is 6.92. The van der Waals surface area contributed by atoms with Crippen molar-refractivity contribution in [3.8, 4) is 0 Å². The molecule has 2 nitrogen and oxygen atoms in total. The lowest BCUT2D eigenvalue weighted by molar-refractivity contribution is 0.00578. The number of aryl methyl sites for hydroxylation is 1. The number of hydrogen-bond donors (Lipinski definition) is 0. The fourth-order valence-electron chi connectivity index (χ4n) is 2.64. The van der Waals surface area contributed by atoms with Gasteiger partial charge < -0.3 is 9.31 Å². The first-order valence-electron chi connectivity index (χ1n) is 7.67. The normalized spacial score (nSPS) is 22.0. The Bertz CT molecular complexity index is 452. The molecule has 0 N–H and O–H groups in total. The van der Waals surface area contributed by atoms with Crippen LogP contribution in [0.5, 0.6) is 0 Å². The first-order valence-corrected chi connectivity index (χ1v) is 7.67. The number of hydrogen-bond acceptors (Lipinski definition) is 2. The summed E-state index contributed by atoms with van der Waals surface area (Å²) >= 11 is 0. The molecule has 1 aromatic carbocycles. The number of benzene rings is 1. The van der Waals surface area contributed by atoms with Crippen molar-refractivity contribution < 1.29 is 9.31 Å². The van der Waals surface area contributed by atoms with Crippen LogP contribution < -0.4 is 0 Å². The quantitative estimate of drug-likeness (QED) is 0.757. The molecular weight excluding hydrogens is 247 g/mol. The van der Waals surface area contributed by atoms with Crippen LogP contribution in [0.3, 0.4) is 0 Å². The van der Waals surface area contributed by atoms with Crippen LogP contribution in [-0.2, 0) is 15.7 Å². The standard InChI is InChI=1S/C17H27BO2/c1-7-15(12-14-11-9-8-10-13(14)2)18-19-16(3,4)17(5,6)20-18/h8-11,15H,7,12H2,1-6H3. The third-order valence-corrected chi connectivity index (χ3v) is 4.92. The minimum absolute atomic E-state index is 0.107. The van der Waals surface area contributed by atoms with E-state index < -0.39 is 0 Å². The van der Waals surface area contributed by atoms with Gasteiger partial charge in [-0.25, -0.2) is 0 Å². The molecule has 1 aliphatic heterocycles. The van der Waals surface area contributed by atoms with Crippen molar-refractivity contribution in [1.82, 2.24) is 0 Å². The lowest BCUT2D eigenvalue weighted by atomic mass is 9.67. The molecule has 20 heavy (non-hydrogen) atoms. The van der Waals surface area contributed by atoms with Gasteiger partial charge >= 0.3 is 7.12 Å². The summed E-state index contributed by atoms with van der Waals surface area (Å²) in [6.07, 6.45) is 2.07. The highest BCUT2D eigenvalue weighted by Crippen LogP contribution is 2.41. The van der Waals surface area contributed by atoms with Crippen LogP contribution in [0.4, 0.5) is 0 Å². The van der Waals surface area contributed by atoms with Crippen molar-refractivity contribution in [3.63, 3.8) is 0 Å². The van der Waals surface area contributed by atoms with Gasteiger partial charge in [0, 0.05) is 0 Å². The van der Waals surface area contributed by atoms with Crippen LogP contribution in [0.15, 0.2) is 24.3 Å². The Hall–Kier alpha value is -0.795. The number of rotatable bonds is 4. The van der Waals surface area contributed by atoms with Crippen molar-refractivity contribution >= 4 is 7.12 Å². The van der Waals surface area contributed by atoms with Crippen molar-refractivity contribution in [3.05, 3.63) is 35.4 Å². The molecule has 1 unspecified atom stereocenters. The Morgan fingerprint density at radius 2 is 1.60 bits per heavy atom. The van der Waals surface area contributed by atoms with E-state index in [1.165, 1.54) is 11.1 Å². The Morgan fingerprint density at radius 3 is 2.10 bits per heavy atom.